The molecule has 2 aromatic carbocycles. The van der Waals surface area contributed by atoms with E-state index in [0.717, 1.165) is 35.5 Å². The SMILES string of the molecule is CCNC(CC)CCOC(C)(c1ccccc1)c1ccc(Cl)cc1. The van der Waals surface area contributed by atoms with Gasteiger partial charge in [0, 0.05) is 17.7 Å². The van der Waals surface area contributed by atoms with Crippen LogP contribution in [0.15, 0.2) is 54.6 Å². The summed E-state index contributed by atoms with van der Waals surface area (Å²) in [4.78, 5) is 0. The van der Waals surface area contributed by atoms with Crippen LogP contribution in [0.25, 0.3) is 0 Å². The normalized spacial score (nSPS) is 15.0. The van der Waals surface area contributed by atoms with Gasteiger partial charge in [-0.1, -0.05) is 67.9 Å². The number of benzene rings is 2. The van der Waals surface area contributed by atoms with Gasteiger partial charge in [-0.05, 0) is 49.6 Å². The summed E-state index contributed by atoms with van der Waals surface area (Å²) in [5.41, 5.74) is 1.80. The van der Waals surface area contributed by atoms with E-state index in [0.29, 0.717) is 12.6 Å². The summed E-state index contributed by atoms with van der Waals surface area (Å²) < 4.78 is 6.44. The number of nitrogens with one attached hydrogen (secondary N) is 1. The molecular formula is C21H28ClNO. The molecule has 2 unspecified atom stereocenters. The molecule has 0 heterocycles. The topological polar surface area (TPSA) is 21.3 Å². The molecule has 2 nitrogen and oxygen atoms in total. The maximum absolute atomic E-state index is 6.44. The van der Waals surface area contributed by atoms with Crippen molar-refractivity contribution in [2.75, 3.05) is 13.2 Å². The van der Waals surface area contributed by atoms with E-state index in [1.807, 2.05) is 18.2 Å². The van der Waals surface area contributed by atoms with Crippen molar-refractivity contribution < 1.29 is 4.74 Å². The van der Waals surface area contributed by atoms with E-state index in [9.17, 15) is 0 Å². The Kier molecular flexibility index (Phi) is 7.29. The molecule has 24 heavy (non-hydrogen) atoms. The summed E-state index contributed by atoms with van der Waals surface area (Å²) in [6.45, 7) is 8.19. The van der Waals surface area contributed by atoms with Crippen LogP contribution in [0.4, 0.5) is 0 Å². The van der Waals surface area contributed by atoms with Crippen LogP contribution in [-0.4, -0.2) is 19.2 Å². The van der Waals surface area contributed by atoms with Crippen molar-refractivity contribution in [3.8, 4) is 0 Å². The van der Waals surface area contributed by atoms with Crippen molar-refractivity contribution in [1.82, 2.24) is 5.32 Å². The van der Waals surface area contributed by atoms with E-state index in [4.69, 9.17) is 16.3 Å². The Morgan fingerprint density at radius 2 is 1.62 bits per heavy atom. The minimum Gasteiger partial charge on any atom is -0.366 e. The van der Waals surface area contributed by atoms with Crippen LogP contribution >= 0.6 is 11.6 Å². The Bertz CT molecular complexity index is 599. The van der Waals surface area contributed by atoms with Crippen LogP contribution in [0.1, 0.15) is 44.7 Å². The molecule has 0 amide bonds. The van der Waals surface area contributed by atoms with Crippen molar-refractivity contribution >= 4 is 11.6 Å². The lowest BCUT2D eigenvalue weighted by Gasteiger charge is -2.32. The molecule has 0 radical (unpaired) electrons. The minimum absolute atomic E-state index is 0.476. The molecule has 0 aromatic heterocycles. The zero-order valence-corrected chi connectivity index (χ0v) is 15.6. The highest BCUT2D eigenvalue weighted by Crippen LogP contribution is 2.34. The van der Waals surface area contributed by atoms with Crippen molar-refractivity contribution in [3.63, 3.8) is 0 Å². The smallest absolute Gasteiger partial charge is 0.115 e. The molecule has 3 heteroatoms. The first-order valence-electron chi connectivity index (χ1n) is 8.79. The molecule has 2 atom stereocenters. The second-order valence-corrected chi connectivity index (χ2v) is 6.64. The van der Waals surface area contributed by atoms with E-state index >= 15 is 0 Å². The van der Waals surface area contributed by atoms with E-state index < -0.39 is 5.60 Å². The number of ether oxygens (including phenoxy) is 1. The lowest BCUT2D eigenvalue weighted by atomic mass is 9.88. The Hall–Kier alpha value is -1.35. The molecule has 0 aliphatic carbocycles. The molecule has 0 spiro atoms. The van der Waals surface area contributed by atoms with Gasteiger partial charge in [-0.2, -0.15) is 0 Å². The molecule has 0 aliphatic heterocycles. The van der Waals surface area contributed by atoms with Gasteiger partial charge in [-0.15, -0.1) is 0 Å². The lowest BCUT2D eigenvalue weighted by molar-refractivity contribution is -0.00863. The van der Waals surface area contributed by atoms with Crippen molar-refractivity contribution in [2.45, 2.75) is 45.3 Å². The largest absolute Gasteiger partial charge is 0.366 e. The Morgan fingerprint density at radius 1 is 1.00 bits per heavy atom. The third kappa shape index (κ3) is 4.83. The molecule has 0 fully saturated rings. The molecule has 0 bridgehead atoms. The second kappa shape index (κ2) is 9.22. The molecule has 0 saturated carbocycles. The number of hydrogen-bond donors (Lipinski definition) is 1. The quantitative estimate of drug-likeness (QED) is 0.657. The van der Waals surface area contributed by atoms with E-state index in [2.05, 4.69) is 62.5 Å². The third-order valence-corrected chi connectivity index (χ3v) is 4.81. The van der Waals surface area contributed by atoms with Crippen molar-refractivity contribution in [2.24, 2.45) is 0 Å². The number of rotatable bonds is 9. The summed E-state index contributed by atoms with van der Waals surface area (Å²) in [6.07, 6.45) is 2.11. The first-order valence-corrected chi connectivity index (χ1v) is 9.16. The zero-order chi connectivity index (χ0) is 17.4. The van der Waals surface area contributed by atoms with E-state index in [-0.39, 0.29) is 0 Å². The van der Waals surface area contributed by atoms with Gasteiger partial charge in [-0.3, -0.25) is 0 Å². The first-order chi connectivity index (χ1) is 11.6. The summed E-state index contributed by atoms with van der Waals surface area (Å²) >= 11 is 6.06. The molecule has 2 aromatic rings. The van der Waals surface area contributed by atoms with E-state index in [1.165, 1.54) is 0 Å². The van der Waals surface area contributed by atoms with Gasteiger partial charge in [0.05, 0.1) is 0 Å². The van der Waals surface area contributed by atoms with Crippen LogP contribution < -0.4 is 5.32 Å². The monoisotopic (exact) mass is 345 g/mol. The molecule has 0 aliphatic rings. The third-order valence-electron chi connectivity index (χ3n) is 4.56. The molecule has 1 N–H and O–H groups in total. The van der Waals surface area contributed by atoms with Gasteiger partial charge in [0.2, 0.25) is 0 Å². The number of halogens is 1. The summed E-state index contributed by atoms with van der Waals surface area (Å²) in [7, 11) is 0. The average Bonchev–Trinajstić information content (AvgIpc) is 2.62. The van der Waals surface area contributed by atoms with Crippen LogP contribution in [-0.2, 0) is 10.3 Å². The fourth-order valence-electron chi connectivity index (χ4n) is 3.00. The Labute approximate surface area is 151 Å². The maximum Gasteiger partial charge on any atom is 0.115 e. The predicted molar refractivity (Wildman–Crippen MR) is 103 cm³/mol. The zero-order valence-electron chi connectivity index (χ0n) is 14.9. The van der Waals surface area contributed by atoms with Gasteiger partial charge < -0.3 is 10.1 Å². The highest BCUT2D eigenvalue weighted by molar-refractivity contribution is 6.30. The highest BCUT2D eigenvalue weighted by atomic mass is 35.5. The van der Waals surface area contributed by atoms with Gasteiger partial charge in [0.1, 0.15) is 5.60 Å². The lowest BCUT2D eigenvalue weighted by Crippen LogP contribution is -2.33. The number of hydrogen-bond acceptors (Lipinski definition) is 2. The van der Waals surface area contributed by atoms with Gasteiger partial charge in [0.25, 0.3) is 0 Å². The van der Waals surface area contributed by atoms with Crippen molar-refractivity contribution in [1.29, 1.82) is 0 Å². The van der Waals surface area contributed by atoms with E-state index in [1.54, 1.807) is 0 Å². The summed E-state index contributed by atoms with van der Waals surface area (Å²) in [5.74, 6) is 0. The predicted octanol–water partition coefficient (Wildman–Crippen LogP) is 5.40. The molecular weight excluding hydrogens is 318 g/mol. The van der Waals surface area contributed by atoms with Gasteiger partial charge in [-0.25, -0.2) is 0 Å². The average molecular weight is 346 g/mol. The highest BCUT2D eigenvalue weighted by Gasteiger charge is 2.29. The van der Waals surface area contributed by atoms with Gasteiger partial charge >= 0.3 is 0 Å². The Balaban J connectivity index is 2.19. The molecule has 130 valence electrons. The Morgan fingerprint density at radius 3 is 2.21 bits per heavy atom. The first kappa shape index (κ1) is 19.0. The van der Waals surface area contributed by atoms with Crippen LogP contribution in [0.3, 0.4) is 0 Å². The fraction of sp³-hybridized carbons (Fsp3) is 0.429. The summed E-state index contributed by atoms with van der Waals surface area (Å²) in [6, 6.07) is 18.8. The summed E-state index contributed by atoms with van der Waals surface area (Å²) in [5, 5.41) is 4.25. The van der Waals surface area contributed by atoms with Gasteiger partial charge in [0.15, 0.2) is 0 Å². The second-order valence-electron chi connectivity index (χ2n) is 6.21. The fourth-order valence-corrected chi connectivity index (χ4v) is 3.13. The van der Waals surface area contributed by atoms with Crippen molar-refractivity contribution in [3.05, 3.63) is 70.7 Å². The van der Waals surface area contributed by atoms with Crippen LogP contribution in [0.2, 0.25) is 5.02 Å². The standard InChI is InChI=1S/C21H28ClNO/c1-4-20(23-5-2)15-16-24-21(3,17-9-7-6-8-10-17)18-11-13-19(22)14-12-18/h6-14,20,23H,4-5,15-16H2,1-3H3. The maximum atomic E-state index is 6.44. The van der Waals surface area contributed by atoms with Crippen LogP contribution in [0.5, 0.6) is 0 Å². The molecule has 0 saturated heterocycles. The molecule has 2 rings (SSSR count). The van der Waals surface area contributed by atoms with Crippen LogP contribution in [0, 0.1) is 0 Å². The minimum atomic E-state index is -0.476.